The van der Waals surface area contributed by atoms with Crippen molar-refractivity contribution in [2.45, 2.75) is 13.2 Å². The maximum atomic E-state index is 10.3. The molecule has 0 aliphatic rings. The standard InChI is InChI=1S/C5H9NO4/c1-3(7)10-5(9-2)4(6)8/h5H,1-2H3,(H2,6,8). The Morgan fingerprint density at radius 1 is 1.50 bits per heavy atom. The van der Waals surface area contributed by atoms with Crippen LogP contribution in [0.25, 0.3) is 0 Å². The highest BCUT2D eigenvalue weighted by Crippen LogP contribution is 1.91. The van der Waals surface area contributed by atoms with Gasteiger partial charge < -0.3 is 15.2 Å². The van der Waals surface area contributed by atoms with Crippen LogP contribution >= 0.6 is 0 Å². The Morgan fingerprint density at radius 3 is 2.10 bits per heavy atom. The Bertz CT molecular complexity index is 145. The number of amides is 1. The molecule has 0 aromatic rings. The van der Waals surface area contributed by atoms with E-state index in [4.69, 9.17) is 5.73 Å². The lowest BCUT2D eigenvalue weighted by Crippen LogP contribution is -2.33. The average Bonchev–Trinajstić information content (AvgIpc) is 1.81. The molecule has 0 aliphatic heterocycles. The first kappa shape index (κ1) is 8.90. The van der Waals surface area contributed by atoms with Crippen LogP contribution in [-0.4, -0.2) is 25.3 Å². The molecule has 0 radical (unpaired) electrons. The summed E-state index contributed by atoms with van der Waals surface area (Å²) in [5, 5.41) is 0. The average molecular weight is 147 g/mol. The van der Waals surface area contributed by atoms with E-state index in [0.29, 0.717) is 0 Å². The van der Waals surface area contributed by atoms with Gasteiger partial charge in [-0.2, -0.15) is 0 Å². The number of rotatable bonds is 3. The highest BCUT2D eigenvalue weighted by atomic mass is 16.7. The minimum atomic E-state index is -1.27. The quantitative estimate of drug-likeness (QED) is 0.410. The van der Waals surface area contributed by atoms with E-state index in [2.05, 4.69) is 9.47 Å². The maximum Gasteiger partial charge on any atom is 0.305 e. The van der Waals surface area contributed by atoms with Gasteiger partial charge in [0, 0.05) is 14.0 Å². The van der Waals surface area contributed by atoms with Crippen molar-refractivity contribution in [2.75, 3.05) is 7.11 Å². The van der Waals surface area contributed by atoms with E-state index in [0.717, 1.165) is 6.92 Å². The summed E-state index contributed by atoms with van der Waals surface area (Å²) in [5.41, 5.74) is 4.75. The predicted octanol–water partition coefficient (Wildman–Crippen LogP) is -0.993. The largest absolute Gasteiger partial charge is 0.426 e. The Labute approximate surface area is 58.1 Å². The smallest absolute Gasteiger partial charge is 0.305 e. The first-order valence-corrected chi connectivity index (χ1v) is 2.57. The Kier molecular flexibility index (Phi) is 3.42. The summed E-state index contributed by atoms with van der Waals surface area (Å²) in [4.78, 5) is 20.5. The van der Waals surface area contributed by atoms with Gasteiger partial charge in [-0.1, -0.05) is 0 Å². The van der Waals surface area contributed by atoms with Crippen LogP contribution in [0.2, 0.25) is 0 Å². The summed E-state index contributed by atoms with van der Waals surface area (Å²) in [5.74, 6) is -1.43. The summed E-state index contributed by atoms with van der Waals surface area (Å²) < 4.78 is 8.73. The summed E-state index contributed by atoms with van der Waals surface area (Å²) in [6.07, 6.45) is -1.27. The van der Waals surface area contributed by atoms with E-state index in [1.807, 2.05) is 0 Å². The molecule has 0 rings (SSSR count). The second kappa shape index (κ2) is 3.84. The Morgan fingerprint density at radius 2 is 2.00 bits per heavy atom. The van der Waals surface area contributed by atoms with Crippen molar-refractivity contribution >= 4 is 11.9 Å². The molecule has 0 heterocycles. The van der Waals surface area contributed by atoms with Crippen molar-refractivity contribution in [3.8, 4) is 0 Å². The maximum absolute atomic E-state index is 10.3. The van der Waals surface area contributed by atoms with Crippen molar-refractivity contribution in [2.24, 2.45) is 5.73 Å². The van der Waals surface area contributed by atoms with Gasteiger partial charge >= 0.3 is 5.97 Å². The topological polar surface area (TPSA) is 78.6 Å². The molecule has 0 aromatic carbocycles. The molecule has 0 aliphatic carbocycles. The van der Waals surface area contributed by atoms with Crippen molar-refractivity contribution in [1.29, 1.82) is 0 Å². The number of nitrogens with two attached hydrogens (primary N) is 1. The van der Waals surface area contributed by atoms with E-state index in [1.54, 1.807) is 0 Å². The zero-order valence-corrected chi connectivity index (χ0v) is 5.79. The number of primary amides is 1. The number of ether oxygens (including phenoxy) is 2. The molecular weight excluding hydrogens is 138 g/mol. The predicted molar refractivity (Wildman–Crippen MR) is 31.8 cm³/mol. The third kappa shape index (κ3) is 3.03. The first-order chi connectivity index (χ1) is 4.57. The molecule has 0 bridgehead atoms. The molecule has 1 atom stereocenters. The molecule has 5 heteroatoms. The summed E-state index contributed by atoms with van der Waals surface area (Å²) in [6, 6.07) is 0. The lowest BCUT2D eigenvalue weighted by Gasteiger charge is -2.09. The minimum absolute atomic E-state index is 0.606. The monoisotopic (exact) mass is 147 g/mol. The van der Waals surface area contributed by atoms with Crippen LogP contribution in [0.5, 0.6) is 0 Å². The minimum Gasteiger partial charge on any atom is -0.426 e. The van der Waals surface area contributed by atoms with E-state index in [-0.39, 0.29) is 0 Å². The Hall–Kier alpha value is -1.10. The van der Waals surface area contributed by atoms with Crippen LogP contribution in [0.1, 0.15) is 6.92 Å². The van der Waals surface area contributed by atoms with Crippen molar-refractivity contribution in [3.05, 3.63) is 0 Å². The summed E-state index contributed by atoms with van der Waals surface area (Å²) in [6.45, 7) is 1.16. The van der Waals surface area contributed by atoms with E-state index < -0.39 is 18.2 Å². The fourth-order valence-electron chi connectivity index (χ4n) is 0.373. The van der Waals surface area contributed by atoms with Crippen LogP contribution in [0.4, 0.5) is 0 Å². The second-order valence-electron chi connectivity index (χ2n) is 1.58. The molecule has 5 nitrogen and oxygen atoms in total. The van der Waals surface area contributed by atoms with Gasteiger partial charge in [0.1, 0.15) is 0 Å². The lowest BCUT2D eigenvalue weighted by molar-refractivity contribution is -0.178. The molecule has 1 unspecified atom stereocenters. The van der Waals surface area contributed by atoms with Gasteiger partial charge in [-0.25, -0.2) is 0 Å². The molecule has 10 heavy (non-hydrogen) atoms. The van der Waals surface area contributed by atoms with Gasteiger partial charge in [-0.15, -0.1) is 0 Å². The lowest BCUT2D eigenvalue weighted by atomic mass is 10.6. The third-order valence-corrected chi connectivity index (χ3v) is 0.719. The van der Waals surface area contributed by atoms with E-state index in [9.17, 15) is 9.59 Å². The number of hydrogen-bond acceptors (Lipinski definition) is 4. The number of carbonyl (C=O) groups is 2. The summed E-state index contributed by atoms with van der Waals surface area (Å²) >= 11 is 0. The molecule has 0 fully saturated rings. The molecule has 1 amide bonds. The van der Waals surface area contributed by atoms with Gasteiger partial charge in [0.15, 0.2) is 0 Å². The van der Waals surface area contributed by atoms with Crippen molar-refractivity contribution < 1.29 is 19.1 Å². The fraction of sp³-hybridized carbons (Fsp3) is 0.600. The molecule has 58 valence electrons. The molecule has 0 saturated carbocycles. The number of hydrogen-bond donors (Lipinski definition) is 1. The molecule has 2 N–H and O–H groups in total. The fourth-order valence-corrected chi connectivity index (χ4v) is 0.373. The normalized spacial score (nSPS) is 12.2. The Balaban J connectivity index is 3.83. The molecular formula is C5H9NO4. The van der Waals surface area contributed by atoms with Crippen molar-refractivity contribution in [1.82, 2.24) is 0 Å². The van der Waals surface area contributed by atoms with Crippen LogP contribution in [0.3, 0.4) is 0 Å². The van der Waals surface area contributed by atoms with Crippen LogP contribution in [-0.2, 0) is 19.1 Å². The number of carbonyl (C=O) groups excluding carboxylic acids is 2. The van der Waals surface area contributed by atoms with Crippen molar-refractivity contribution in [3.63, 3.8) is 0 Å². The summed E-state index contributed by atoms with van der Waals surface area (Å²) in [7, 11) is 1.22. The number of methoxy groups -OCH3 is 1. The number of esters is 1. The van der Waals surface area contributed by atoms with Crippen LogP contribution in [0, 0.1) is 0 Å². The van der Waals surface area contributed by atoms with Crippen LogP contribution in [0.15, 0.2) is 0 Å². The van der Waals surface area contributed by atoms with Crippen LogP contribution < -0.4 is 5.73 Å². The van der Waals surface area contributed by atoms with Gasteiger partial charge in [0.2, 0.25) is 0 Å². The molecule has 0 spiro atoms. The van der Waals surface area contributed by atoms with E-state index >= 15 is 0 Å². The molecule has 0 aromatic heterocycles. The van der Waals surface area contributed by atoms with Gasteiger partial charge in [0.25, 0.3) is 12.2 Å². The first-order valence-electron chi connectivity index (χ1n) is 2.57. The SMILES string of the molecule is COC(OC(C)=O)C(N)=O. The van der Waals surface area contributed by atoms with Gasteiger partial charge in [-0.05, 0) is 0 Å². The van der Waals surface area contributed by atoms with Gasteiger partial charge in [-0.3, -0.25) is 9.59 Å². The molecule has 0 saturated heterocycles. The zero-order valence-electron chi connectivity index (χ0n) is 5.79. The highest BCUT2D eigenvalue weighted by Gasteiger charge is 2.16. The highest BCUT2D eigenvalue weighted by molar-refractivity contribution is 5.80. The zero-order chi connectivity index (χ0) is 8.15. The van der Waals surface area contributed by atoms with E-state index in [1.165, 1.54) is 7.11 Å². The third-order valence-electron chi connectivity index (χ3n) is 0.719. The van der Waals surface area contributed by atoms with Gasteiger partial charge in [0.05, 0.1) is 0 Å². The second-order valence-corrected chi connectivity index (χ2v) is 1.58.